The Hall–Kier alpha value is -3.22. The van der Waals surface area contributed by atoms with Crippen molar-refractivity contribution in [3.8, 4) is 11.3 Å². The minimum Gasteiger partial charge on any atom is -0.452 e. The van der Waals surface area contributed by atoms with Crippen molar-refractivity contribution in [2.24, 2.45) is 0 Å². The number of amides is 1. The quantitative estimate of drug-likeness (QED) is 0.334. The van der Waals surface area contributed by atoms with E-state index < -0.39 is 18.5 Å². The Morgan fingerprint density at radius 1 is 0.969 bits per heavy atom. The van der Waals surface area contributed by atoms with Crippen LogP contribution in [0.3, 0.4) is 0 Å². The van der Waals surface area contributed by atoms with Gasteiger partial charge in [0.25, 0.3) is 5.91 Å². The van der Waals surface area contributed by atoms with E-state index in [2.05, 4.69) is 26.2 Å². The summed E-state index contributed by atoms with van der Waals surface area (Å²) in [5.41, 5.74) is 3.30. The standard InChI is InChI=1S/C25H18BrClN2O3/c26-18-8-5-7-16(12-18)23-13-20(19-9-2-4-11-22(19)29-23)25(31)32-15-24(30)28-14-17-6-1-3-10-21(17)27/h1-13H,14-15H2,(H,28,30). The first-order valence-corrected chi connectivity index (χ1v) is 11.0. The Labute approximate surface area is 198 Å². The third-order valence-corrected chi connectivity index (χ3v) is 5.69. The number of nitrogens with zero attached hydrogens (tertiary/aromatic N) is 1. The molecule has 0 fully saturated rings. The van der Waals surface area contributed by atoms with Gasteiger partial charge in [0.2, 0.25) is 0 Å². The highest BCUT2D eigenvalue weighted by atomic mass is 79.9. The Morgan fingerprint density at radius 3 is 2.56 bits per heavy atom. The van der Waals surface area contributed by atoms with Gasteiger partial charge in [-0.15, -0.1) is 0 Å². The first-order valence-electron chi connectivity index (χ1n) is 9.84. The van der Waals surface area contributed by atoms with Crippen molar-refractivity contribution in [3.05, 3.63) is 99.5 Å². The van der Waals surface area contributed by atoms with Crippen LogP contribution < -0.4 is 5.32 Å². The van der Waals surface area contributed by atoms with Gasteiger partial charge in [-0.1, -0.05) is 76.1 Å². The third kappa shape index (κ3) is 5.15. The molecule has 1 heterocycles. The van der Waals surface area contributed by atoms with Gasteiger partial charge in [0, 0.05) is 27.0 Å². The molecule has 160 valence electrons. The molecule has 1 aromatic heterocycles. The van der Waals surface area contributed by atoms with Crippen molar-refractivity contribution in [1.82, 2.24) is 10.3 Å². The highest BCUT2D eigenvalue weighted by molar-refractivity contribution is 9.10. The molecule has 0 saturated carbocycles. The largest absolute Gasteiger partial charge is 0.452 e. The normalized spacial score (nSPS) is 10.7. The number of halogens is 2. The van der Waals surface area contributed by atoms with Crippen LogP contribution in [0.15, 0.2) is 83.3 Å². The van der Waals surface area contributed by atoms with Crippen LogP contribution in [0.1, 0.15) is 15.9 Å². The number of nitrogens with one attached hydrogen (secondary N) is 1. The summed E-state index contributed by atoms with van der Waals surface area (Å²) in [7, 11) is 0. The van der Waals surface area contributed by atoms with Gasteiger partial charge in [-0.3, -0.25) is 4.79 Å². The minimum atomic E-state index is -0.590. The number of carbonyl (C=O) groups is 2. The fourth-order valence-electron chi connectivity index (χ4n) is 3.24. The van der Waals surface area contributed by atoms with Crippen LogP contribution in [0.5, 0.6) is 0 Å². The average molecular weight is 510 g/mol. The predicted molar refractivity (Wildman–Crippen MR) is 128 cm³/mol. The lowest BCUT2D eigenvalue weighted by Gasteiger charge is -2.11. The van der Waals surface area contributed by atoms with Gasteiger partial charge < -0.3 is 10.1 Å². The van der Waals surface area contributed by atoms with Crippen molar-refractivity contribution < 1.29 is 14.3 Å². The van der Waals surface area contributed by atoms with Gasteiger partial charge in [-0.25, -0.2) is 9.78 Å². The summed E-state index contributed by atoms with van der Waals surface area (Å²) in [6.07, 6.45) is 0. The van der Waals surface area contributed by atoms with Gasteiger partial charge in [0.1, 0.15) is 0 Å². The van der Waals surface area contributed by atoms with Gasteiger partial charge in [-0.2, -0.15) is 0 Å². The number of rotatable bonds is 6. The molecule has 0 bridgehead atoms. The second kappa shape index (κ2) is 9.94. The molecule has 0 aliphatic heterocycles. The number of benzene rings is 3. The summed E-state index contributed by atoms with van der Waals surface area (Å²) in [6.45, 7) is -0.145. The highest BCUT2D eigenvalue weighted by Crippen LogP contribution is 2.27. The number of carbonyl (C=O) groups excluding carboxylic acids is 2. The van der Waals surface area contributed by atoms with Crippen molar-refractivity contribution in [3.63, 3.8) is 0 Å². The number of hydrogen-bond acceptors (Lipinski definition) is 4. The molecule has 0 aliphatic rings. The van der Waals surface area contributed by atoms with Crippen LogP contribution in [0.25, 0.3) is 22.2 Å². The summed E-state index contributed by atoms with van der Waals surface area (Å²) in [4.78, 5) is 29.8. The van der Waals surface area contributed by atoms with Crippen LogP contribution in [0.4, 0.5) is 0 Å². The molecule has 32 heavy (non-hydrogen) atoms. The molecule has 7 heteroatoms. The predicted octanol–water partition coefficient (Wildman–Crippen LogP) is 5.79. The topological polar surface area (TPSA) is 68.3 Å². The maximum absolute atomic E-state index is 12.9. The Morgan fingerprint density at radius 2 is 1.75 bits per heavy atom. The van der Waals surface area contributed by atoms with E-state index in [1.54, 1.807) is 18.2 Å². The van der Waals surface area contributed by atoms with Gasteiger partial charge in [0.05, 0.1) is 16.8 Å². The molecule has 0 saturated heterocycles. The fourth-order valence-corrected chi connectivity index (χ4v) is 3.84. The summed E-state index contributed by atoms with van der Waals surface area (Å²) >= 11 is 9.56. The second-order valence-corrected chi connectivity index (χ2v) is 8.35. The summed E-state index contributed by atoms with van der Waals surface area (Å²) in [6, 6.07) is 23.9. The zero-order chi connectivity index (χ0) is 22.5. The summed E-state index contributed by atoms with van der Waals surface area (Å²) < 4.78 is 6.22. The Bertz CT molecular complexity index is 1310. The highest BCUT2D eigenvalue weighted by Gasteiger charge is 2.17. The lowest BCUT2D eigenvalue weighted by molar-refractivity contribution is -0.124. The van der Waals surface area contributed by atoms with Crippen LogP contribution in [0, 0.1) is 0 Å². The van der Waals surface area contributed by atoms with Crippen molar-refractivity contribution >= 4 is 50.3 Å². The Balaban J connectivity index is 1.51. The number of esters is 1. The molecule has 0 unspecified atom stereocenters. The minimum absolute atomic E-state index is 0.251. The number of aromatic nitrogens is 1. The number of fused-ring (bicyclic) bond motifs is 1. The van der Waals surface area contributed by atoms with Gasteiger partial charge in [0.15, 0.2) is 6.61 Å². The molecule has 3 aromatic carbocycles. The van der Waals surface area contributed by atoms with Crippen molar-refractivity contribution in [1.29, 1.82) is 0 Å². The zero-order valence-corrected chi connectivity index (χ0v) is 19.2. The van der Waals surface area contributed by atoms with E-state index in [1.165, 1.54) is 0 Å². The third-order valence-electron chi connectivity index (χ3n) is 4.82. The number of pyridine rings is 1. The summed E-state index contributed by atoms with van der Waals surface area (Å²) in [5.74, 6) is -1.00. The molecule has 0 spiro atoms. The molecule has 0 radical (unpaired) electrons. The molecule has 1 N–H and O–H groups in total. The smallest absolute Gasteiger partial charge is 0.339 e. The summed E-state index contributed by atoms with van der Waals surface area (Å²) in [5, 5.41) is 3.93. The fraction of sp³-hybridized carbons (Fsp3) is 0.0800. The first-order chi connectivity index (χ1) is 15.5. The number of ether oxygens (including phenoxy) is 1. The first kappa shape index (κ1) is 22.0. The van der Waals surface area contributed by atoms with E-state index in [-0.39, 0.29) is 6.54 Å². The molecule has 4 rings (SSSR count). The van der Waals surface area contributed by atoms with Crippen LogP contribution in [-0.2, 0) is 16.1 Å². The number of para-hydroxylation sites is 1. The van der Waals surface area contributed by atoms with E-state index in [0.29, 0.717) is 27.2 Å². The van der Waals surface area contributed by atoms with Crippen LogP contribution >= 0.6 is 27.5 Å². The van der Waals surface area contributed by atoms with E-state index >= 15 is 0 Å². The van der Waals surface area contributed by atoms with E-state index in [9.17, 15) is 9.59 Å². The second-order valence-electron chi connectivity index (χ2n) is 7.03. The molecular weight excluding hydrogens is 492 g/mol. The maximum Gasteiger partial charge on any atom is 0.339 e. The van der Waals surface area contributed by atoms with Crippen LogP contribution in [0.2, 0.25) is 5.02 Å². The lowest BCUT2D eigenvalue weighted by atomic mass is 10.0. The number of hydrogen-bond donors (Lipinski definition) is 1. The molecule has 0 aliphatic carbocycles. The molecule has 0 atom stereocenters. The molecular formula is C25H18BrClN2O3. The van der Waals surface area contributed by atoms with Gasteiger partial charge in [-0.05, 0) is 35.9 Å². The molecule has 5 nitrogen and oxygen atoms in total. The van der Waals surface area contributed by atoms with Gasteiger partial charge >= 0.3 is 5.97 Å². The zero-order valence-electron chi connectivity index (χ0n) is 16.8. The lowest BCUT2D eigenvalue weighted by Crippen LogP contribution is -2.28. The van der Waals surface area contributed by atoms with Crippen molar-refractivity contribution in [2.75, 3.05) is 6.61 Å². The monoisotopic (exact) mass is 508 g/mol. The van der Waals surface area contributed by atoms with E-state index in [1.807, 2.05) is 60.7 Å². The SMILES string of the molecule is O=C(COC(=O)c1cc(-c2cccc(Br)c2)nc2ccccc12)NCc1ccccc1Cl. The van der Waals surface area contributed by atoms with Crippen molar-refractivity contribution in [2.45, 2.75) is 6.54 Å². The van der Waals surface area contributed by atoms with Crippen LogP contribution in [-0.4, -0.2) is 23.5 Å². The average Bonchev–Trinajstić information content (AvgIpc) is 2.81. The van der Waals surface area contributed by atoms with E-state index in [4.69, 9.17) is 16.3 Å². The molecule has 1 amide bonds. The Kier molecular flexibility index (Phi) is 6.83. The van der Waals surface area contributed by atoms with E-state index in [0.717, 1.165) is 15.6 Å². The maximum atomic E-state index is 12.9. The molecule has 4 aromatic rings.